The van der Waals surface area contributed by atoms with Crippen LogP contribution in [0.15, 0.2) is 24.3 Å². The van der Waals surface area contributed by atoms with E-state index in [1.54, 1.807) is 24.3 Å². The first kappa shape index (κ1) is 13.2. The van der Waals surface area contributed by atoms with E-state index >= 15 is 0 Å². The molecule has 0 aliphatic carbocycles. The molecule has 1 aliphatic rings. The molecular formula is C13H17N3O3. The average Bonchev–Trinajstić information content (AvgIpc) is 2.41. The topological polar surface area (TPSA) is 95.7 Å². The molecule has 0 aromatic heterocycles. The molecule has 1 aromatic carbocycles. The Morgan fingerprint density at radius 3 is 2.79 bits per heavy atom. The first-order valence-electron chi connectivity index (χ1n) is 6.21. The highest BCUT2D eigenvalue weighted by Crippen LogP contribution is 2.21. The van der Waals surface area contributed by atoms with E-state index in [-0.39, 0.29) is 18.4 Å². The fourth-order valence-electron chi connectivity index (χ4n) is 2.21. The molecule has 1 heterocycles. The molecule has 1 fully saturated rings. The van der Waals surface area contributed by atoms with Crippen molar-refractivity contribution >= 4 is 23.4 Å². The Morgan fingerprint density at radius 1 is 1.37 bits per heavy atom. The maximum absolute atomic E-state index is 12.1. The first-order chi connectivity index (χ1) is 9.08. The van der Waals surface area contributed by atoms with E-state index in [0.29, 0.717) is 30.8 Å². The minimum absolute atomic E-state index is 0.177. The molecule has 0 radical (unpaired) electrons. The summed E-state index contributed by atoms with van der Waals surface area (Å²) in [4.78, 5) is 24.3. The van der Waals surface area contributed by atoms with Crippen LogP contribution in [-0.4, -0.2) is 35.1 Å². The van der Waals surface area contributed by atoms with E-state index in [4.69, 9.17) is 10.8 Å². The summed E-state index contributed by atoms with van der Waals surface area (Å²) in [6, 6.07) is 7.01. The highest BCUT2D eigenvalue weighted by molar-refractivity contribution is 5.95. The number of amides is 2. The molecule has 2 amide bonds. The Labute approximate surface area is 111 Å². The zero-order valence-electron chi connectivity index (χ0n) is 10.5. The highest BCUT2D eigenvalue weighted by Gasteiger charge is 2.28. The predicted molar refractivity (Wildman–Crippen MR) is 71.8 cm³/mol. The van der Waals surface area contributed by atoms with Crippen LogP contribution in [0.1, 0.15) is 12.8 Å². The van der Waals surface area contributed by atoms with Gasteiger partial charge in [-0.2, -0.15) is 0 Å². The van der Waals surface area contributed by atoms with Crippen molar-refractivity contribution in [2.45, 2.75) is 12.8 Å². The number of likely N-dealkylation sites (tertiary alicyclic amines) is 1. The summed E-state index contributed by atoms with van der Waals surface area (Å²) in [5, 5.41) is 11.7. The van der Waals surface area contributed by atoms with E-state index < -0.39 is 6.09 Å². The van der Waals surface area contributed by atoms with Crippen LogP contribution in [0.5, 0.6) is 0 Å². The first-order valence-corrected chi connectivity index (χ1v) is 6.21. The number of carbonyl (C=O) groups is 2. The third kappa shape index (κ3) is 3.15. The predicted octanol–water partition coefficient (Wildman–Crippen LogP) is 1.60. The zero-order valence-corrected chi connectivity index (χ0v) is 10.5. The van der Waals surface area contributed by atoms with Gasteiger partial charge in [-0.25, -0.2) is 4.79 Å². The molecule has 0 spiro atoms. The van der Waals surface area contributed by atoms with E-state index in [0.717, 1.165) is 0 Å². The lowest BCUT2D eigenvalue weighted by molar-refractivity contribution is -0.121. The number of nitrogens with zero attached hydrogens (tertiary/aromatic N) is 1. The van der Waals surface area contributed by atoms with Gasteiger partial charge in [0.05, 0.1) is 17.3 Å². The lowest BCUT2D eigenvalue weighted by Gasteiger charge is -2.29. The number of hydrogen-bond acceptors (Lipinski definition) is 3. The van der Waals surface area contributed by atoms with Gasteiger partial charge in [-0.3, -0.25) is 4.79 Å². The summed E-state index contributed by atoms with van der Waals surface area (Å²) in [6.07, 6.45) is 0.425. The number of rotatable bonds is 2. The maximum atomic E-state index is 12.1. The number of nitrogens with one attached hydrogen (secondary N) is 1. The van der Waals surface area contributed by atoms with Crippen molar-refractivity contribution < 1.29 is 14.7 Å². The van der Waals surface area contributed by atoms with E-state index in [9.17, 15) is 9.59 Å². The van der Waals surface area contributed by atoms with Crippen LogP contribution in [0.2, 0.25) is 0 Å². The van der Waals surface area contributed by atoms with Crippen LogP contribution in [0, 0.1) is 5.92 Å². The molecule has 4 N–H and O–H groups in total. The van der Waals surface area contributed by atoms with Crippen molar-refractivity contribution in [2.75, 3.05) is 24.1 Å². The normalized spacial score (nSPS) is 18.9. The molecule has 1 aliphatic heterocycles. The molecule has 0 saturated carbocycles. The number of piperidine rings is 1. The Hall–Kier alpha value is -2.24. The van der Waals surface area contributed by atoms with Gasteiger partial charge in [0.2, 0.25) is 5.91 Å². The van der Waals surface area contributed by atoms with E-state index in [2.05, 4.69) is 5.32 Å². The molecule has 102 valence electrons. The van der Waals surface area contributed by atoms with Gasteiger partial charge in [-0.05, 0) is 25.0 Å². The van der Waals surface area contributed by atoms with Crippen molar-refractivity contribution in [3.05, 3.63) is 24.3 Å². The summed E-state index contributed by atoms with van der Waals surface area (Å²) in [5.41, 5.74) is 6.83. The molecular weight excluding hydrogens is 246 g/mol. The Bertz CT molecular complexity index is 490. The van der Waals surface area contributed by atoms with Crippen molar-refractivity contribution in [1.29, 1.82) is 0 Å². The largest absolute Gasteiger partial charge is 0.465 e. The number of benzene rings is 1. The van der Waals surface area contributed by atoms with Crippen molar-refractivity contribution in [1.82, 2.24) is 4.90 Å². The van der Waals surface area contributed by atoms with Crippen LogP contribution in [0.25, 0.3) is 0 Å². The maximum Gasteiger partial charge on any atom is 0.407 e. The number of carbonyl (C=O) groups excluding carboxylic acids is 1. The van der Waals surface area contributed by atoms with Crippen LogP contribution in [0.4, 0.5) is 16.2 Å². The molecule has 1 aromatic rings. The zero-order chi connectivity index (χ0) is 13.8. The van der Waals surface area contributed by atoms with Crippen molar-refractivity contribution in [2.24, 2.45) is 5.92 Å². The number of nitrogens with two attached hydrogens (primary N) is 1. The van der Waals surface area contributed by atoms with Gasteiger partial charge in [-0.15, -0.1) is 0 Å². The van der Waals surface area contributed by atoms with E-state index in [1.165, 1.54) is 4.90 Å². The van der Waals surface area contributed by atoms with Gasteiger partial charge in [0.25, 0.3) is 0 Å². The van der Waals surface area contributed by atoms with Crippen molar-refractivity contribution in [3.63, 3.8) is 0 Å². The van der Waals surface area contributed by atoms with Crippen LogP contribution in [0.3, 0.4) is 0 Å². The van der Waals surface area contributed by atoms with Crippen molar-refractivity contribution in [3.8, 4) is 0 Å². The summed E-state index contributed by atoms with van der Waals surface area (Å²) in [7, 11) is 0. The Balaban J connectivity index is 2.00. The molecule has 19 heavy (non-hydrogen) atoms. The summed E-state index contributed by atoms with van der Waals surface area (Å²) in [5.74, 6) is -0.492. The summed E-state index contributed by atoms with van der Waals surface area (Å²) in [6.45, 7) is 0.737. The van der Waals surface area contributed by atoms with Crippen LogP contribution >= 0.6 is 0 Å². The summed E-state index contributed by atoms with van der Waals surface area (Å²) >= 11 is 0. The summed E-state index contributed by atoms with van der Waals surface area (Å²) < 4.78 is 0. The third-order valence-electron chi connectivity index (χ3n) is 3.28. The number of anilines is 2. The van der Waals surface area contributed by atoms with Gasteiger partial charge >= 0.3 is 6.09 Å². The minimum atomic E-state index is -0.975. The molecule has 6 nitrogen and oxygen atoms in total. The van der Waals surface area contributed by atoms with Gasteiger partial charge in [0, 0.05) is 13.1 Å². The SMILES string of the molecule is Nc1ccccc1NC(=O)C1CCCN(C(=O)O)C1. The molecule has 1 unspecified atom stereocenters. The average molecular weight is 263 g/mol. The molecule has 2 rings (SSSR count). The van der Waals surface area contributed by atoms with E-state index in [1.807, 2.05) is 0 Å². The van der Waals surface area contributed by atoms with Gasteiger partial charge in [0.15, 0.2) is 0 Å². The minimum Gasteiger partial charge on any atom is -0.465 e. The standard InChI is InChI=1S/C13H17N3O3/c14-10-5-1-2-6-11(10)15-12(17)9-4-3-7-16(8-9)13(18)19/h1-2,5-6,9H,3-4,7-8,14H2,(H,15,17)(H,18,19). The molecule has 1 atom stereocenters. The second-order valence-electron chi connectivity index (χ2n) is 4.64. The quantitative estimate of drug-likeness (QED) is 0.706. The third-order valence-corrected chi connectivity index (χ3v) is 3.28. The smallest absolute Gasteiger partial charge is 0.407 e. The second kappa shape index (κ2) is 5.60. The molecule has 6 heteroatoms. The number of carboxylic acid groups (broad SMARTS) is 1. The number of hydrogen-bond donors (Lipinski definition) is 3. The Morgan fingerprint density at radius 2 is 2.11 bits per heavy atom. The number of nitrogen functional groups attached to an aromatic ring is 1. The monoisotopic (exact) mass is 263 g/mol. The lowest BCUT2D eigenvalue weighted by Crippen LogP contribution is -2.43. The lowest BCUT2D eigenvalue weighted by atomic mass is 9.97. The number of para-hydroxylation sites is 2. The highest BCUT2D eigenvalue weighted by atomic mass is 16.4. The van der Waals surface area contributed by atoms with Gasteiger partial charge in [-0.1, -0.05) is 12.1 Å². The van der Waals surface area contributed by atoms with Crippen LogP contribution in [-0.2, 0) is 4.79 Å². The van der Waals surface area contributed by atoms with Gasteiger partial charge in [0.1, 0.15) is 0 Å². The van der Waals surface area contributed by atoms with Crippen LogP contribution < -0.4 is 11.1 Å². The Kier molecular flexibility index (Phi) is 3.89. The fraction of sp³-hybridized carbons (Fsp3) is 0.385. The molecule has 1 saturated heterocycles. The fourth-order valence-corrected chi connectivity index (χ4v) is 2.21. The van der Waals surface area contributed by atoms with Gasteiger partial charge < -0.3 is 21.1 Å². The second-order valence-corrected chi connectivity index (χ2v) is 4.64. The molecule has 0 bridgehead atoms.